The molecule has 0 aliphatic heterocycles. The minimum atomic E-state index is -0.811. The number of carboxylic acids is 1. The van der Waals surface area contributed by atoms with Crippen LogP contribution in [0.15, 0.2) is 60.7 Å². The van der Waals surface area contributed by atoms with E-state index in [0.29, 0.717) is 19.6 Å². The largest absolute Gasteiger partial charge is 0.490 e. The number of benzene rings is 3. The lowest BCUT2D eigenvalue weighted by atomic mass is 10.00. The summed E-state index contributed by atoms with van der Waals surface area (Å²) in [5, 5.41) is 11.2. The molecule has 3 aromatic rings. The summed E-state index contributed by atoms with van der Waals surface area (Å²) in [5.74, 6) is 0.739. The van der Waals surface area contributed by atoms with E-state index in [4.69, 9.17) is 14.6 Å². The van der Waals surface area contributed by atoms with E-state index in [0.717, 1.165) is 40.7 Å². The summed E-state index contributed by atoms with van der Waals surface area (Å²) in [6.45, 7) is 2.99. The molecule has 0 unspecified atom stereocenters. The third-order valence-electron chi connectivity index (χ3n) is 4.66. The molecule has 0 spiro atoms. The second-order valence-corrected chi connectivity index (χ2v) is 6.75. The summed E-state index contributed by atoms with van der Waals surface area (Å²) >= 11 is 0. The lowest BCUT2D eigenvalue weighted by Gasteiger charge is -2.14. The maximum atomic E-state index is 11.0. The quantitative estimate of drug-likeness (QED) is 0.489. The normalized spacial score (nSPS) is 10.8. The highest BCUT2D eigenvalue weighted by Gasteiger charge is 2.11. The van der Waals surface area contributed by atoms with Gasteiger partial charge >= 0.3 is 5.97 Å². The summed E-state index contributed by atoms with van der Waals surface area (Å²) in [5.41, 5.74) is 2.25. The summed E-state index contributed by atoms with van der Waals surface area (Å²) in [7, 11) is 0. The maximum Gasteiger partial charge on any atom is 0.303 e. The van der Waals surface area contributed by atoms with E-state index in [2.05, 4.69) is 19.1 Å². The highest BCUT2D eigenvalue weighted by atomic mass is 16.5. The number of carboxylic acid groups (broad SMARTS) is 1. The zero-order chi connectivity index (χ0) is 19.8. The molecular weight excluding hydrogens is 352 g/mol. The zero-order valence-electron chi connectivity index (χ0n) is 16.2. The predicted molar refractivity (Wildman–Crippen MR) is 111 cm³/mol. The Morgan fingerprint density at radius 3 is 2.39 bits per heavy atom. The van der Waals surface area contributed by atoms with E-state index >= 15 is 0 Å². The highest BCUT2D eigenvalue weighted by Crippen LogP contribution is 2.29. The van der Waals surface area contributed by atoms with Crippen LogP contribution in [0.1, 0.15) is 30.9 Å². The molecule has 0 aromatic heterocycles. The van der Waals surface area contributed by atoms with Crippen LogP contribution in [0, 0.1) is 0 Å². The minimum Gasteiger partial charge on any atom is -0.490 e. The van der Waals surface area contributed by atoms with E-state index < -0.39 is 5.97 Å². The van der Waals surface area contributed by atoms with Crippen molar-refractivity contribution < 1.29 is 19.4 Å². The van der Waals surface area contributed by atoms with Crippen LogP contribution in [0.2, 0.25) is 0 Å². The van der Waals surface area contributed by atoms with E-state index in [9.17, 15) is 4.79 Å². The number of aliphatic carboxylic acids is 1. The Hall–Kier alpha value is -3.01. The Kier molecular flexibility index (Phi) is 6.90. The maximum absolute atomic E-state index is 11.0. The van der Waals surface area contributed by atoms with Crippen LogP contribution >= 0.6 is 0 Å². The van der Waals surface area contributed by atoms with Crippen LogP contribution in [0.4, 0.5) is 0 Å². The molecule has 4 nitrogen and oxygen atoms in total. The van der Waals surface area contributed by atoms with Gasteiger partial charge in [-0.3, -0.25) is 4.79 Å². The Bertz CT molecular complexity index is 916. The monoisotopic (exact) mass is 378 g/mol. The second kappa shape index (κ2) is 9.79. The lowest BCUT2D eigenvalue weighted by Crippen LogP contribution is -2.10. The fraction of sp³-hybridized carbons (Fsp3) is 0.292. The zero-order valence-corrected chi connectivity index (χ0v) is 16.2. The van der Waals surface area contributed by atoms with Crippen LogP contribution in [0.5, 0.6) is 11.5 Å². The Morgan fingerprint density at radius 2 is 1.64 bits per heavy atom. The van der Waals surface area contributed by atoms with Crippen molar-refractivity contribution in [2.75, 3.05) is 13.2 Å². The van der Waals surface area contributed by atoms with Gasteiger partial charge in [-0.2, -0.15) is 0 Å². The third-order valence-corrected chi connectivity index (χ3v) is 4.66. The van der Waals surface area contributed by atoms with E-state index in [-0.39, 0.29) is 6.42 Å². The van der Waals surface area contributed by atoms with Gasteiger partial charge in [0.05, 0.1) is 0 Å². The van der Waals surface area contributed by atoms with Crippen LogP contribution in [-0.4, -0.2) is 24.3 Å². The molecule has 4 heteroatoms. The molecule has 0 amide bonds. The van der Waals surface area contributed by atoms with Gasteiger partial charge in [-0.15, -0.1) is 0 Å². The van der Waals surface area contributed by atoms with E-state index in [1.54, 1.807) is 0 Å². The topological polar surface area (TPSA) is 55.8 Å². The van der Waals surface area contributed by atoms with Gasteiger partial charge in [0.2, 0.25) is 0 Å². The Morgan fingerprint density at radius 1 is 0.893 bits per heavy atom. The lowest BCUT2D eigenvalue weighted by molar-refractivity contribution is -0.136. The Balaban J connectivity index is 1.63. The molecular formula is C24H26O4. The molecule has 0 radical (unpaired) electrons. The standard InChI is InChI=1S/C24H26O4/c1-2-5-18-8-11-20(12-9-18)27-16-17-28-23-14-10-19-6-3-4-7-21(19)22(23)13-15-24(25)26/h3-4,6-12,14H,2,5,13,15-17H2,1H3,(H,25,26). The first-order valence-electron chi connectivity index (χ1n) is 9.74. The van der Waals surface area contributed by atoms with Crippen LogP contribution in [0.25, 0.3) is 10.8 Å². The summed E-state index contributed by atoms with van der Waals surface area (Å²) in [6, 6.07) is 20.0. The number of ether oxygens (including phenoxy) is 2. The molecule has 0 aliphatic rings. The molecule has 0 saturated carbocycles. The number of carbonyl (C=O) groups is 1. The van der Waals surface area contributed by atoms with Gasteiger partial charge in [0.25, 0.3) is 0 Å². The van der Waals surface area contributed by atoms with Gasteiger partial charge in [-0.05, 0) is 47.4 Å². The van der Waals surface area contributed by atoms with Crippen molar-refractivity contribution in [1.29, 1.82) is 0 Å². The van der Waals surface area contributed by atoms with Gasteiger partial charge < -0.3 is 14.6 Å². The van der Waals surface area contributed by atoms with Crippen LogP contribution in [-0.2, 0) is 17.6 Å². The summed E-state index contributed by atoms with van der Waals surface area (Å²) in [6.07, 6.45) is 2.71. The third kappa shape index (κ3) is 5.26. The fourth-order valence-corrected chi connectivity index (χ4v) is 3.29. The van der Waals surface area contributed by atoms with Gasteiger partial charge in [-0.1, -0.05) is 55.8 Å². The average molecular weight is 378 g/mol. The molecule has 0 saturated heterocycles. The fourth-order valence-electron chi connectivity index (χ4n) is 3.29. The van der Waals surface area contributed by atoms with Crippen molar-refractivity contribution in [1.82, 2.24) is 0 Å². The minimum absolute atomic E-state index is 0.0744. The van der Waals surface area contributed by atoms with E-state index in [1.165, 1.54) is 5.56 Å². The number of rotatable bonds is 10. The SMILES string of the molecule is CCCc1ccc(OCCOc2ccc3ccccc3c2CCC(=O)O)cc1. The molecule has 0 aliphatic carbocycles. The molecule has 3 rings (SSSR count). The number of aryl methyl sites for hydroxylation is 2. The Labute approximate surface area is 165 Å². The molecule has 146 valence electrons. The average Bonchev–Trinajstić information content (AvgIpc) is 2.71. The number of hydrogen-bond acceptors (Lipinski definition) is 3. The molecule has 28 heavy (non-hydrogen) atoms. The summed E-state index contributed by atoms with van der Waals surface area (Å²) in [4.78, 5) is 11.0. The predicted octanol–water partition coefficient (Wildman–Crippen LogP) is 5.27. The van der Waals surface area contributed by atoms with Gasteiger partial charge in [0, 0.05) is 12.0 Å². The van der Waals surface area contributed by atoms with Crippen molar-refractivity contribution in [2.24, 2.45) is 0 Å². The van der Waals surface area contributed by atoms with Crippen molar-refractivity contribution in [3.05, 3.63) is 71.8 Å². The van der Waals surface area contributed by atoms with Crippen molar-refractivity contribution >= 4 is 16.7 Å². The summed E-state index contributed by atoms with van der Waals surface area (Å²) < 4.78 is 11.7. The molecule has 0 fully saturated rings. The van der Waals surface area contributed by atoms with Crippen molar-refractivity contribution in [2.45, 2.75) is 32.6 Å². The van der Waals surface area contributed by atoms with Crippen LogP contribution in [0.3, 0.4) is 0 Å². The van der Waals surface area contributed by atoms with Crippen molar-refractivity contribution in [3.8, 4) is 11.5 Å². The molecule has 0 bridgehead atoms. The van der Waals surface area contributed by atoms with Crippen LogP contribution < -0.4 is 9.47 Å². The number of fused-ring (bicyclic) bond motifs is 1. The van der Waals surface area contributed by atoms with Gasteiger partial charge in [0.1, 0.15) is 24.7 Å². The van der Waals surface area contributed by atoms with Gasteiger partial charge in [-0.25, -0.2) is 0 Å². The van der Waals surface area contributed by atoms with E-state index in [1.807, 2.05) is 48.5 Å². The number of hydrogen-bond donors (Lipinski definition) is 1. The van der Waals surface area contributed by atoms with Crippen molar-refractivity contribution in [3.63, 3.8) is 0 Å². The molecule has 3 aromatic carbocycles. The molecule has 0 heterocycles. The highest BCUT2D eigenvalue weighted by molar-refractivity contribution is 5.88. The first-order chi connectivity index (χ1) is 13.7. The molecule has 0 atom stereocenters. The molecule has 1 N–H and O–H groups in total. The second-order valence-electron chi connectivity index (χ2n) is 6.75. The smallest absolute Gasteiger partial charge is 0.303 e. The first kappa shape index (κ1) is 19.7. The first-order valence-corrected chi connectivity index (χ1v) is 9.74. The van der Waals surface area contributed by atoms with Gasteiger partial charge in [0.15, 0.2) is 0 Å².